The molecule has 2 rings (SSSR count). The van der Waals surface area contributed by atoms with Gasteiger partial charge in [0.1, 0.15) is 0 Å². The van der Waals surface area contributed by atoms with Crippen LogP contribution in [0.2, 0.25) is 0 Å². The van der Waals surface area contributed by atoms with Crippen molar-refractivity contribution in [3.8, 4) is 0 Å². The van der Waals surface area contributed by atoms with Crippen LogP contribution in [0.5, 0.6) is 0 Å². The maximum Gasteiger partial charge on any atom is 0.319 e. The molecule has 19 heavy (non-hydrogen) atoms. The molecule has 0 bridgehead atoms. The van der Waals surface area contributed by atoms with Crippen molar-refractivity contribution >= 4 is 23.3 Å². The molecule has 0 spiro atoms. The second-order valence-electron chi connectivity index (χ2n) is 4.53. The molecule has 0 aromatic heterocycles. The predicted octanol–water partition coefficient (Wildman–Crippen LogP) is 1.13. The molecule has 0 unspecified atom stereocenters. The zero-order chi connectivity index (χ0) is 13.7. The van der Waals surface area contributed by atoms with Crippen LogP contribution in [0.15, 0.2) is 24.3 Å². The highest BCUT2D eigenvalue weighted by Gasteiger charge is 2.23. The third-order valence-corrected chi connectivity index (χ3v) is 2.68. The Kier molecular flexibility index (Phi) is 4.35. The second kappa shape index (κ2) is 6.19. The Labute approximate surface area is 112 Å². The largest absolute Gasteiger partial charge is 0.335 e. The molecule has 0 atom stereocenters. The monoisotopic (exact) mass is 262 g/mol. The number of rotatable bonds is 5. The molecule has 1 aromatic rings. The number of urea groups is 1. The number of likely N-dealkylation sites (N-methyl/N-ethyl adjacent to an activating group) is 1. The predicted molar refractivity (Wildman–Crippen MR) is 74.2 cm³/mol. The Morgan fingerprint density at radius 1 is 1.11 bits per heavy atom. The van der Waals surface area contributed by atoms with E-state index in [1.54, 1.807) is 31.3 Å². The molecular formula is C13H18N4O2. The molecule has 3 amide bonds. The standard InChI is InChI=1S/C13H18N4O2/c1-14-8-12(18)15-9-2-4-10(5-3-9)16-13(19)17-11-6-7-11/h2-5,11,14H,6-8H2,1H3,(H,15,18)(H2,16,17,19). The third-order valence-electron chi connectivity index (χ3n) is 2.68. The summed E-state index contributed by atoms with van der Waals surface area (Å²) in [5.41, 5.74) is 1.40. The summed E-state index contributed by atoms with van der Waals surface area (Å²) in [6.45, 7) is 0.268. The normalized spacial score (nSPS) is 13.7. The van der Waals surface area contributed by atoms with Gasteiger partial charge in [-0.1, -0.05) is 0 Å². The van der Waals surface area contributed by atoms with Gasteiger partial charge in [-0.05, 0) is 44.2 Å². The van der Waals surface area contributed by atoms with Gasteiger partial charge in [0.25, 0.3) is 0 Å². The molecule has 1 aliphatic carbocycles. The molecule has 4 N–H and O–H groups in total. The Hall–Kier alpha value is -2.08. The van der Waals surface area contributed by atoms with Gasteiger partial charge < -0.3 is 21.3 Å². The molecule has 0 aliphatic heterocycles. The summed E-state index contributed by atoms with van der Waals surface area (Å²) in [4.78, 5) is 22.9. The van der Waals surface area contributed by atoms with E-state index in [0.717, 1.165) is 12.8 Å². The minimum Gasteiger partial charge on any atom is -0.335 e. The fourth-order valence-electron chi connectivity index (χ4n) is 1.58. The van der Waals surface area contributed by atoms with Crippen LogP contribution in [0.1, 0.15) is 12.8 Å². The van der Waals surface area contributed by atoms with E-state index in [9.17, 15) is 9.59 Å². The number of carbonyl (C=O) groups is 2. The molecule has 1 saturated carbocycles. The summed E-state index contributed by atoms with van der Waals surface area (Å²) in [6.07, 6.45) is 2.12. The summed E-state index contributed by atoms with van der Waals surface area (Å²) in [5, 5.41) is 11.1. The van der Waals surface area contributed by atoms with Crippen molar-refractivity contribution in [1.29, 1.82) is 0 Å². The van der Waals surface area contributed by atoms with E-state index in [0.29, 0.717) is 17.4 Å². The average molecular weight is 262 g/mol. The highest BCUT2D eigenvalue weighted by Crippen LogP contribution is 2.19. The van der Waals surface area contributed by atoms with Gasteiger partial charge in [-0.3, -0.25) is 4.79 Å². The van der Waals surface area contributed by atoms with E-state index in [1.807, 2.05) is 0 Å². The lowest BCUT2D eigenvalue weighted by Gasteiger charge is -2.08. The number of carbonyl (C=O) groups excluding carboxylic acids is 2. The van der Waals surface area contributed by atoms with Crippen LogP contribution in [0.4, 0.5) is 16.2 Å². The Balaban J connectivity index is 1.83. The van der Waals surface area contributed by atoms with E-state index in [4.69, 9.17) is 0 Å². The summed E-state index contributed by atoms with van der Waals surface area (Å²) in [6, 6.07) is 7.15. The van der Waals surface area contributed by atoms with Crippen molar-refractivity contribution in [1.82, 2.24) is 10.6 Å². The van der Waals surface area contributed by atoms with Crippen molar-refractivity contribution in [2.75, 3.05) is 24.2 Å². The third kappa shape index (κ3) is 4.59. The first kappa shape index (κ1) is 13.4. The van der Waals surface area contributed by atoms with Crippen molar-refractivity contribution in [3.63, 3.8) is 0 Å². The average Bonchev–Trinajstić information content (AvgIpc) is 3.16. The molecule has 0 heterocycles. The van der Waals surface area contributed by atoms with Crippen LogP contribution in [-0.4, -0.2) is 31.6 Å². The van der Waals surface area contributed by atoms with Crippen LogP contribution in [0, 0.1) is 0 Å². The minimum atomic E-state index is -0.186. The van der Waals surface area contributed by atoms with E-state index in [1.165, 1.54) is 0 Å². The van der Waals surface area contributed by atoms with Crippen LogP contribution < -0.4 is 21.3 Å². The maximum absolute atomic E-state index is 11.5. The van der Waals surface area contributed by atoms with Crippen LogP contribution in [0.25, 0.3) is 0 Å². The number of hydrogen-bond donors (Lipinski definition) is 4. The van der Waals surface area contributed by atoms with E-state index in [-0.39, 0.29) is 18.5 Å². The van der Waals surface area contributed by atoms with Gasteiger partial charge in [-0.25, -0.2) is 4.79 Å². The lowest BCUT2D eigenvalue weighted by atomic mass is 10.3. The van der Waals surface area contributed by atoms with Gasteiger partial charge in [-0.2, -0.15) is 0 Å². The number of benzene rings is 1. The lowest BCUT2D eigenvalue weighted by molar-refractivity contribution is -0.115. The molecule has 0 saturated heterocycles. The van der Waals surface area contributed by atoms with Crippen molar-refractivity contribution in [2.24, 2.45) is 0 Å². The van der Waals surface area contributed by atoms with Gasteiger partial charge in [-0.15, -0.1) is 0 Å². The quantitative estimate of drug-likeness (QED) is 0.642. The fraction of sp³-hybridized carbons (Fsp3) is 0.385. The highest BCUT2D eigenvalue weighted by atomic mass is 16.2. The van der Waals surface area contributed by atoms with Crippen LogP contribution >= 0.6 is 0 Å². The first-order valence-electron chi connectivity index (χ1n) is 6.29. The Morgan fingerprint density at radius 3 is 2.21 bits per heavy atom. The first-order chi connectivity index (χ1) is 9.17. The van der Waals surface area contributed by atoms with Crippen LogP contribution in [0.3, 0.4) is 0 Å². The van der Waals surface area contributed by atoms with Gasteiger partial charge in [0.05, 0.1) is 6.54 Å². The molecule has 6 nitrogen and oxygen atoms in total. The molecule has 1 aromatic carbocycles. The molecule has 1 fully saturated rings. The van der Waals surface area contributed by atoms with Crippen LogP contribution in [-0.2, 0) is 4.79 Å². The van der Waals surface area contributed by atoms with E-state index >= 15 is 0 Å². The van der Waals surface area contributed by atoms with Gasteiger partial charge in [0, 0.05) is 17.4 Å². The van der Waals surface area contributed by atoms with Crippen molar-refractivity contribution in [3.05, 3.63) is 24.3 Å². The van der Waals surface area contributed by atoms with Gasteiger partial charge in [0.15, 0.2) is 0 Å². The number of nitrogens with one attached hydrogen (secondary N) is 4. The summed E-state index contributed by atoms with van der Waals surface area (Å²) < 4.78 is 0. The Bertz CT molecular complexity index is 454. The molecule has 0 radical (unpaired) electrons. The molecule has 1 aliphatic rings. The van der Waals surface area contributed by atoms with Gasteiger partial charge >= 0.3 is 6.03 Å². The summed E-state index contributed by atoms with van der Waals surface area (Å²) >= 11 is 0. The smallest absolute Gasteiger partial charge is 0.319 e. The zero-order valence-corrected chi connectivity index (χ0v) is 10.8. The topological polar surface area (TPSA) is 82.3 Å². The van der Waals surface area contributed by atoms with E-state index < -0.39 is 0 Å². The summed E-state index contributed by atoms with van der Waals surface area (Å²) in [5.74, 6) is -0.102. The lowest BCUT2D eigenvalue weighted by Crippen LogP contribution is -2.30. The molecular weight excluding hydrogens is 244 g/mol. The fourth-order valence-corrected chi connectivity index (χ4v) is 1.58. The number of anilines is 2. The number of amides is 3. The van der Waals surface area contributed by atoms with E-state index in [2.05, 4.69) is 21.3 Å². The Morgan fingerprint density at radius 2 is 1.68 bits per heavy atom. The number of hydrogen-bond acceptors (Lipinski definition) is 3. The SMILES string of the molecule is CNCC(=O)Nc1ccc(NC(=O)NC2CC2)cc1. The second-order valence-corrected chi connectivity index (χ2v) is 4.53. The van der Waals surface area contributed by atoms with Gasteiger partial charge in [0.2, 0.25) is 5.91 Å². The zero-order valence-electron chi connectivity index (χ0n) is 10.8. The highest BCUT2D eigenvalue weighted by molar-refractivity contribution is 5.93. The summed E-state index contributed by atoms with van der Waals surface area (Å²) in [7, 11) is 1.71. The maximum atomic E-state index is 11.5. The minimum absolute atomic E-state index is 0.102. The first-order valence-corrected chi connectivity index (χ1v) is 6.29. The molecule has 102 valence electrons. The van der Waals surface area contributed by atoms with Crippen molar-refractivity contribution in [2.45, 2.75) is 18.9 Å². The molecule has 6 heteroatoms. The van der Waals surface area contributed by atoms with Crippen molar-refractivity contribution < 1.29 is 9.59 Å².